The summed E-state index contributed by atoms with van der Waals surface area (Å²) in [6.45, 7) is 3.38. The van der Waals surface area contributed by atoms with Gasteiger partial charge in [-0.15, -0.1) is 0 Å². The quantitative estimate of drug-likeness (QED) is 0.288. The lowest BCUT2D eigenvalue weighted by Crippen LogP contribution is -2.07. The molecule has 9 heteroatoms. The minimum absolute atomic E-state index is 0.0211. The molecular formula is C23H16O7S2. The van der Waals surface area contributed by atoms with Crippen LogP contribution in [-0.4, -0.2) is 22.6 Å². The zero-order valence-electron chi connectivity index (χ0n) is 16.5. The SMILES string of the molecule is C=CC(=O)c1occ(-c2ccc(S(=O)(=O)c3ccccc3)o2)c1S(=O)(=O)c1ccccc1. The second-order valence-corrected chi connectivity index (χ2v) is 10.4. The third kappa shape index (κ3) is 3.61. The molecule has 7 nitrogen and oxygen atoms in total. The molecule has 2 aromatic heterocycles. The number of furan rings is 2. The van der Waals surface area contributed by atoms with Crippen LogP contribution in [0, 0.1) is 0 Å². The van der Waals surface area contributed by atoms with E-state index in [0.717, 1.165) is 12.3 Å². The Bertz CT molecular complexity index is 1510. The van der Waals surface area contributed by atoms with Gasteiger partial charge in [-0.1, -0.05) is 43.0 Å². The number of carbonyl (C=O) groups is 1. The fourth-order valence-electron chi connectivity index (χ4n) is 3.09. The molecule has 0 radical (unpaired) electrons. The van der Waals surface area contributed by atoms with Crippen LogP contribution in [0.15, 0.2) is 120 Å². The average molecular weight is 469 g/mol. The monoisotopic (exact) mass is 468 g/mol. The van der Waals surface area contributed by atoms with Crippen LogP contribution in [0.4, 0.5) is 0 Å². The number of ketones is 1. The van der Waals surface area contributed by atoms with E-state index >= 15 is 0 Å². The lowest BCUT2D eigenvalue weighted by Gasteiger charge is -2.06. The van der Waals surface area contributed by atoms with Gasteiger partial charge in [0.15, 0.2) is 5.76 Å². The van der Waals surface area contributed by atoms with Gasteiger partial charge in [0.2, 0.25) is 30.6 Å². The molecule has 0 bridgehead atoms. The van der Waals surface area contributed by atoms with Crippen molar-refractivity contribution in [1.82, 2.24) is 0 Å². The van der Waals surface area contributed by atoms with Crippen LogP contribution in [0.2, 0.25) is 0 Å². The third-order valence-electron chi connectivity index (χ3n) is 4.64. The van der Waals surface area contributed by atoms with Gasteiger partial charge in [0.05, 0.1) is 15.4 Å². The van der Waals surface area contributed by atoms with E-state index in [2.05, 4.69) is 6.58 Å². The van der Waals surface area contributed by atoms with Gasteiger partial charge in [-0.25, -0.2) is 16.8 Å². The van der Waals surface area contributed by atoms with E-state index in [0.29, 0.717) is 0 Å². The topological polar surface area (TPSA) is 112 Å². The normalized spacial score (nSPS) is 11.9. The summed E-state index contributed by atoms with van der Waals surface area (Å²) in [7, 11) is -8.18. The molecular weight excluding hydrogens is 452 g/mol. The number of allylic oxidation sites excluding steroid dienone is 1. The Morgan fingerprint density at radius 2 is 1.34 bits per heavy atom. The van der Waals surface area contributed by atoms with E-state index in [4.69, 9.17) is 8.83 Å². The summed E-state index contributed by atoms with van der Waals surface area (Å²) in [6, 6.07) is 17.7. The molecule has 0 spiro atoms. The molecule has 162 valence electrons. The Hall–Kier alpha value is -3.69. The van der Waals surface area contributed by atoms with Crippen LogP contribution >= 0.6 is 0 Å². The molecule has 0 aliphatic carbocycles. The van der Waals surface area contributed by atoms with Gasteiger partial charge in [0.25, 0.3) is 0 Å². The lowest BCUT2D eigenvalue weighted by molar-refractivity contribution is 0.101. The van der Waals surface area contributed by atoms with Crippen molar-refractivity contribution in [3.8, 4) is 11.3 Å². The van der Waals surface area contributed by atoms with Crippen LogP contribution < -0.4 is 0 Å². The first-order valence-electron chi connectivity index (χ1n) is 9.25. The Labute approximate surface area is 184 Å². The number of rotatable bonds is 7. The van der Waals surface area contributed by atoms with E-state index in [9.17, 15) is 21.6 Å². The highest BCUT2D eigenvalue weighted by molar-refractivity contribution is 7.92. The molecule has 2 aromatic carbocycles. The molecule has 4 rings (SSSR count). The Morgan fingerprint density at radius 1 is 0.781 bits per heavy atom. The van der Waals surface area contributed by atoms with Crippen LogP contribution in [0.1, 0.15) is 10.6 Å². The van der Waals surface area contributed by atoms with Crippen molar-refractivity contribution in [2.75, 3.05) is 0 Å². The summed E-state index contributed by atoms with van der Waals surface area (Å²) in [4.78, 5) is 11.8. The van der Waals surface area contributed by atoms with Crippen LogP contribution in [-0.2, 0) is 19.7 Å². The van der Waals surface area contributed by atoms with Crippen molar-refractivity contribution in [1.29, 1.82) is 0 Å². The maximum atomic E-state index is 13.3. The summed E-state index contributed by atoms with van der Waals surface area (Å²) in [5.41, 5.74) is -0.0754. The van der Waals surface area contributed by atoms with Crippen LogP contribution in [0.3, 0.4) is 0 Å². The molecule has 32 heavy (non-hydrogen) atoms. The Kier molecular flexibility index (Phi) is 5.45. The molecule has 0 N–H and O–H groups in total. The van der Waals surface area contributed by atoms with Gasteiger partial charge < -0.3 is 8.83 Å². The van der Waals surface area contributed by atoms with Crippen molar-refractivity contribution in [3.05, 3.63) is 97.5 Å². The van der Waals surface area contributed by atoms with E-state index in [1.165, 1.54) is 36.4 Å². The van der Waals surface area contributed by atoms with Gasteiger partial charge >= 0.3 is 0 Å². The van der Waals surface area contributed by atoms with Crippen LogP contribution in [0.5, 0.6) is 0 Å². The second-order valence-electron chi connectivity index (χ2n) is 6.63. The minimum Gasteiger partial charge on any atom is -0.459 e. The maximum Gasteiger partial charge on any atom is 0.239 e. The fraction of sp³-hybridized carbons (Fsp3) is 0. The molecule has 0 saturated carbocycles. The van der Waals surface area contributed by atoms with Crippen molar-refractivity contribution >= 4 is 25.5 Å². The molecule has 0 fully saturated rings. The van der Waals surface area contributed by atoms with Crippen molar-refractivity contribution < 1.29 is 30.5 Å². The third-order valence-corrected chi connectivity index (χ3v) is 8.12. The number of hydrogen-bond acceptors (Lipinski definition) is 7. The highest BCUT2D eigenvalue weighted by Gasteiger charge is 2.33. The smallest absolute Gasteiger partial charge is 0.239 e. The number of benzene rings is 2. The summed E-state index contributed by atoms with van der Waals surface area (Å²) in [5, 5.41) is -0.375. The Morgan fingerprint density at radius 3 is 1.91 bits per heavy atom. The molecule has 0 atom stereocenters. The van der Waals surface area contributed by atoms with Gasteiger partial charge in [0.1, 0.15) is 16.9 Å². The highest BCUT2D eigenvalue weighted by atomic mass is 32.2. The number of carbonyl (C=O) groups excluding carboxylic acids is 1. The second kappa shape index (κ2) is 8.10. The van der Waals surface area contributed by atoms with E-state index in [1.807, 2.05) is 0 Å². The first-order chi connectivity index (χ1) is 15.3. The lowest BCUT2D eigenvalue weighted by atomic mass is 10.2. The molecule has 0 aliphatic heterocycles. The van der Waals surface area contributed by atoms with Crippen molar-refractivity contribution in [2.45, 2.75) is 19.8 Å². The molecule has 4 aromatic rings. The largest absolute Gasteiger partial charge is 0.459 e. The van der Waals surface area contributed by atoms with E-state index < -0.39 is 36.1 Å². The predicted octanol–water partition coefficient (Wildman–Crippen LogP) is 4.57. The number of sulfone groups is 2. The zero-order valence-corrected chi connectivity index (χ0v) is 18.1. The highest BCUT2D eigenvalue weighted by Crippen LogP contribution is 2.38. The maximum absolute atomic E-state index is 13.3. The summed E-state index contributed by atoms with van der Waals surface area (Å²) in [6.07, 6.45) is 1.98. The molecule has 0 saturated heterocycles. The standard InChI is InChI=1S/C23H16O7S2/c1-2-19(24)22-23(32(27,28)17-11-7-4-8-12-17)18(15-29-22)20-13-14-21(30-20)31(25,26)16-9-5-3-6-10-16/h2-15H,1H2. The van der Waals surface area contributed by atoms with Gasteiger partial charge in [0, 0.05) is 0 Å². The average Bonchev–Trinajstić information content (AvgIpc) is 3.48. The van der Waals surface area contributed by atoms with Gasteiger partial charge in [-0.2, -0.15) is 0 Å². The molecule has 2 heterocycles. The fourth-order valence-corrected chi connectivity index (χ4v) is 5.87. The summed E-state index contributed by atoms with van der Waals surface area (Å²) in [5.74, 6) is -1.27. The molecule has 0 amide bonds. The summed E-state index contributed by atoms with van der Waals surface area (Å²) >= 11 is 0. The van der Waals surface area contributed by atoms with E-state index in [-0.39, 0.29) is 26.2 Å². The van der Waals surface area contributed by atoms with Crippen molar-refractivity contribution in [2.24, 2.45) is 0 Å². The van der Waals surface area contributed by atoms with Crippen LogP contribution in [0.25, 0.3) is 11.3 Å². The summed E-state index contributed by atoms with van der Waals surface area (Å²) < 4.78 is 63.2. The molecule has 0 unspecified atom stereocenters. The molecule has 0 aliphatic rings. The van der Waals surface area contributed by atoms with Gasteiger partial charge in [-0.3, -0.25) is 4.79 Å². The number of hydrogen-bond donors (Lipinski definition) is 0. The minimum atomic E-state index is -4.21. The first kappa shape index (κ1) is 21.5. The Balaban J connectivity index is 1.89. The zero-order chi connectivity index (χ0) is 22.9. The van der Waals surface area contributed by atoms with E-state index in [1.54, 1.807) is 36.4 Å². The van der Waals surface area contributed by atoms with Crippen molar-refractivity contribution in [3.63, 3.8) is 0 Å². The first-order valence-corrected chi connectivity index (χ1v) is 12.2. The predicted molar refractivity (Wildman–Crippen MR) is 115 cm³/mol. The van der Waals surface area contributed by atoms with Gasteiger partial charge in [-0.05, 0) is 42.5 Å².